The van der Waals surface area contributed by atoms with Crippen LogP contribution in [0.4, 0.5) is 9.93 Å². The van der Waals surface area contributed by atoms with Crippen molar-refractivity contribution in [1.29, 1.82) is 0 Å². The van der Waals surface area contributed by atoms with Crippen molar-refractivity contribution in [2.24, 2.45) is 0 Å². The quantitative estimate of drug-likeness (QED) is 0.862. The van der Waals surface area contributed by atoms with Crippen LogP contribution in [0.2, 0.25) is 0 Å². The van der Waals surface area contributed by atoms with Gasteiger partial charge in [0.1, 0.15) is 0 Å². The largest absolute Gasteiger partial charge is 0.325 e. The predicted octanol–water partition coefficient (Wildman–Crippen LogP) is 2.18. The first-order chi connectivity index (χ1) is 8.54. The average molecular weight is 266 g/mol. The van der Waals surface area contributed by atoms with Crippen molar-refractivity contribution >= 4 is 22.5 Å². The Balaban J connectivity index is 1.98. The van der Waals surface area contributed by atoms with Gasteiger partial charge >= 0.3 is 6.03 Å². The molecule has 0 fully saturated rings. The number of likely N-dealkylation sites (N-methyl/N-ethyl adjacent to an activating group) is 1. The van der Waals surface area contributed by atoms with E-state index in [-0.39, 0.29) is 6.03 Å². The first-order valence-electron chi connectivity index (χ1n) is 5.92. The minimum absolute atomic E-state index is 0.240. The molecule has 2 amide bonds. The number of hydrogen-bond donors (Lipinski definition) is 2. The highest BCUT2D eigenvalue weighted by atomic mass is 32.1. The van der Waals surface area contributed by atoms with Gasteiger partial charge in [-0.2, -0.15) is 0 Å². The molecule has 1 aliphatic rings. The third-order valence-corrected chi connectivity index (χ3v) is 3.63. The second-order valence-corrected chi connectivity index (χ2v) is 5.78. The van der Waals surface area contributed by atoms with Crippen molar-refractivity contribution in [2.75, 3.05) is 18.9 Å². The number of carbonyl (C=O) groups is 1. The predicted molar refractivity (Wildman–Crippen MR) is 73.7 cm³/mol. The van der Waals surface area contributed by atoms with Gasteiger partial charge in [0, 0.05) is 30.6 Å². The molecular formula is C12H18N4OS. The normalized spacial score (nSPS) is 14.8. The van der Waals surface area contributed by atoms with Crippen LogP contribution in [0.5, 0.6) is 0 Å². The number of amides is 2. The van der Waals surface area contributed by atoms with Crippen LogP contribution in [0.3, 0.4) is 0 Å². The third-order valence-electron chi connectivity index (χ3n) is 2.63. The Morgan fingerprint density at radius 2 is 2.28 bits per heavy atom. The number of allylic oxidation sites excluding steroid dienone is 1. The van der Waals surface area contributed by atoms with Crippen molar-refractivity contribution in [1.82, 2.24) is 15.2 Å². The molecule has 0 unspecified atom stereocenters. The Morgan fingerprint density at radius 1 is 1.50 bits per heavy atom. The highest BCUT2D eigenvalue weighted by molar-refractivity contribution is 7.15. The minimum atomic E-state index is -0.240. The molecule has 1 aliphatic heterocycles. The number of nitrogens with zero attached hydrogens (tertiary/aromatic N) is 2. The zero-order valence-corrected chi connectivity index (χ0v) is 11.7. The van der Waals surface area contributed by atoms with E-state index in [4.69, 9.17) is 0 Å². The lowest BCUT2D eigenvalue weighted by molar-refractivity contribution is 0.255. The van der Waals surface area contributed by atoms with E-state index in [2.05, 4.69) is 27.6 Å². The zero-order chi connectivity index (χ0) is 13.1. The van der Waals surface area contributed by atoms with Gasteiger partial charge < -0.3 is 10.2 Å². The minimum Gasteiger partial charge on any atom is -0.314 e. The summed E-state index contributed by atoms with van der Waals surface area (Å²) in [5.41, 5.74) is 2.17. The lowest BCUT2D eigenvalue weighted by Gasteiger charge is -2.20. The summed E-state index contributed by atoms with van der Waals surface area (Å²) >= 11 is 1.56. The van der Waals surface area contributed by atoms with E-state index in [1.165, 1.54) is 4.88 Å². The van der Waals surface area contributed by atoms with Crippen LogP contribution in [0.15, 0.2) is 11.8 Å². The number of hydrogen-bond acceptors (Lipinski definition) is 4. The van der Waals surface area contributed by atoms with Crippen molar-refractivity contribution in [2.45, 2.75) is 26.8 Å². The van der Waals surface area contributed by atoms with Gasteiger partial charge in [-0.05, 0) is 20.9 Å². The summed E-state index contributed by atoms with van der Waals surface area (Å²) in [6.45, 7) is 5.81. The highest BCUT2D eigenvalue weighted by Gasteiger charge is 2.18. The summed E-state index contributed by atoms with van der Waals surface area (Å²) in [6.07, 6.45) is 2.64. The summed E-state index contributed by atoms with van der Waals surface area (Å²) < 4.78 is 0. The Kier molecular flexibility index (Phi) is 3.98. The molecule has 5 nitrogen and oxygen atoms in total. The summed E-state index contributed by atoms with van der Waals surface area (Å²) in [6, 6.07) is -0.240. The van der Waals surface area contributed by atoms with Crippen LogP contribution in [0, 0.1) is 0 Å². The second kappa shape index (κ2) is 5.49. The first kappa shape index (κ1) is 13.0. The number of aromatic nitrogens is 1. The van der Waals surface area contributed by atoms with Crippen molar-refractivity contribution < 1.29 is 4.79 Å². The first-order valence-corrected chi connectivity index (χ1v) is 6.74. The van der Waals surface area contributed by atoms with Crippen molar-refractivity contribution in [3.63, 3.8) is 0 Å². The fourth-order valence-electron chi connectivity index (χ4n) is 1.72. The van der Waals surface area contributed by atoms with Gasteiger partial charge in [-0.25, -0.2) is 9.78 Å². The molecule has 0 bridgehead atoms. The van der Waals surface area contributed by atoms with Gasteiger partial charge in [0.2, 0.25) is 0 Å². The topological polar surface area (TPSA) is 57.3 Å². The van der Waals surface area contributed by atoms with Crippen LogP contribution in [-0.2, 0) is 13.0 Å². The number of fused-ring (bicyclic) bond motifs is 1. The van der Waals surface area contributed by atoms with E-state index in [0.29, 0.717) is 5.13 Å². The molecule has 98 valence electrons. The summed E-state index contributed by atoms with van der Waals surface area (Å²) in [4.78, 5) is 19.5. The SMILES string of the molecule is CC(C)=CNC(=O)Nc1nc2c(s1)CN(C)CC2. The number of thiazole rings is 1. The second-order valence-electron chi connectivity index (χ2n) is 4.70. The molecular weight excluding hydrogens is 248 g/mol. The van der Waals surface area contributed by atoms with E-state index in [0.717, 1.165) is 30.8 Å². The molecule has 0 saturated heterocycles. The van der Waals surface area contributed by atoms with Crippen molar-refractivity contribution in [3.05, 3.63) is 22.3 Å². The monoisotopic (exact) mass is 266 g/mol. The zero-order valence-electron chi connectivity index (χ0n) is 10.9. The fraction of sp³-hybridized carbons (Fsp3) is 0.500. The van der Waals surface area contributed by atoms with E-state index in [1.54, 1.807) is 17.5 Å². The van der Waals surface area contributed by atoms with Gasteiger partial charge in [0.25, 0.3) is 0 Å². The van der Waals surface area contributed by atoms with Gasteiger partial charge in [0.15, 0.2) is 5.13 Å². The number of carbonyl (C=O) groups excluding carboxylic acids is 1. The molecule has 0 aliphatic carbocycles. The van der Waals surface area contributed by atoms with E-state index >= 15 is 0 Å². The van der Waals surface area contributed by atoms with Gasteiger partial charge in [0.05, 0.1) is 5.69 Å². The number of nitrogens with one attached hydrogen (secondary N) is 2. The van der Waals surface area contributed by atoms with Crippen LogP contribution < -0.4 is 10.6 Å². The van der Waals surface area contributed by atoms with Crippen LogP contribution in [0.1, 0.15) is 24.4 Å². The molecule has 1 aromatic heterocycles. The highest BCUT2D eigenvalue weighted by Crippen LogP contribution is 2.27. The van der Waals surface area contributed by atoms with E-state index in [9.17, 15) is 4.79 Å². The Bertz CT molecular complexity index is 476. The molecule has 18 heavy (non-hydrogen) atoms. The maximum absolute atomic E-state index is 11.6. The summed E-state index contributed by atoms with van der Waals surface area (Å²) in [7, 11) is 2.09. The van der Waals surface area contributed by atoms with Gasteiger partial charge in [-0.1, -0.05) is 5.57 Å². The van der Waals surface area contributed by atoms with Crippen LogP contribution in [-0.4, -0.2) is 29.5 Å². The molecule has 2 N–H and O–H groups in total. The van der Waals surface area contributed by atoms with Crippen LogP contribution in [0.25, 0.3) is 0 Å². The maximum atomic E-state index is 11.6. The summed E-state index contributed by atoms with van der Waals surface area (Å²) in [5.74, 6) is 0. The lowest BCUT2D eigenvalue weighted by Crippen LogP contribution is -2.25. The lowest BCUT2D eigenvalue weighted by atomic mass is 10.2. The number of anilines is 1. The molecule has 6 heteroatoms. The van der Waals surface area contributed by atoms with Gasteiger partial charge in [-0.3, -0.25) is 5.32 Å². The number of urea groups is 1. The smallest absolute Gasteiger partial charge is 0.314 e. The Labute approximate surface area is 111 Å². The van der Waals surface area contributed by atoms with Crippen LogP contribution >= 0.6 is 11.3 Å². The average Bonchev–Trinajstić information content (AvgIpc) is 2.67. The Morgan fingerprint density at radius 3 is 3.00 bits per heavy atom. The molecule has 0 saturated carbocycles. The van der Waals surface area contributed by atoms with E-state index < -0.39 is 0 Å². The molecule has 0 aromatic carbocycles. The molecule has 0 spiro atoms. The van der Waals surface area contributed by atoms with E-state index in [1.807, 2.05) is 13.8 Å². The maximum Gasteiger partial charge on any atom is 0.325 e. The Hall–Kier alpha value is -1.40. The molecule has 0 atom stereocenters. The fourth-order valence-corrected chi connectivity index (χ4v) is 2.80. The molecule has 1 aromatic rings. The third kappa shape index (κ3) is 3.30. The number of rotatable bonds is 2. The van der Waals surface area contributed by atoms with Gasteiger partial charge in [-0.15, -0.1) is 11.3 Å². The standard InChI is InChI=1S/C12H18N4OS/c1-8(2)6-13-11(17)15-12-14-9-4-5-16(3)7-10(9)18-12/h6H,4-5,7H2,1-3H3,(H2,13,14,15,17). The summed E-state index contributed by atoms with van der Waals surface area (Å²) in [5, 5.41) is 6.10. The van der Waals surface area contributed by atoms with Crippen molar-refractivity contribution in [3.8, 4) is 0 Å². The molecule has 2 rings (SSSR count). The molecule has 0 radical (unpaired) electrons. The molecule has 2 heterocycles.